The summed E-state index contributed by atoms with van der Waals surface area (Å²) in [6, 6.07) is 16.6. The van der Waals surface area contributed by atoms with Crippen LogP contribution in [-0.2, 0) is 4.79 Å². The summed E-state index contributed by atoms with van der Waals surface area (Å²) >= 11 is 0. The van der Waals surface area contributed by atoms with E-state index < -0.39 is 17.9 Å². The van der Waals surface area contributed by atoms with Gasteiger partial charge < -0.3 is 15.2 Å². The average molecular weight is 432 g/mol. The van der Waals surface area contributed by atoms with Crippen LogP contribution in [0, 0.1) is 6.92 Å². The van der Waals surface area contributed by atoms with Gasteiger partial charge in [-0.3, -0.25) is 14.4 Å². The van der Waals surface area contributed by atoms with Crippen molar-refractivity contribution in [3.8, 4) is 17.0 Å². The van der Waals surface area contributed by atoms with Gasteiger partial charge in [-0.05, 0) is 31.5 Å². The van der Waals surface area contributed by atoms with Gasteiger partial charge in [0.25, 0.3) is 5.91 Å². The molecule has 0 fully saturated rings. The lowest BCUT2D eigenvalue weighted by Crippen LogP contribution is -2.30. The third kappa shape index (κ3) is 5.37. The smallest absolute Gasteiger partial charge is 0.305 e. The molecule has 3 aromatic rings. The second kappa shape index (κ2) is 9.87. The second-order valence-electron chi connectivity index (χ2n) is 7.42. The van der Waals surface area contributed by atoms with Crippen molar-refractivity contribution < 1.29 is 24.2 Å². The predicted octanol–water partition coefficient (Wildman–Crippen LogP) is 4.21. The number of methoxy groups -OCH3 is 1. The Balaban J connectivity index is 1.91. The summed E-state index contributed by atoms with van der Waals surface area (Å²) in [5, 5.41) is 12.1. The van der Waals surface area contributed by atoms with Crippen LogP contribution in [0.3, 0.4) is 0 Å². The van der Waals surface area contributed by atoms with E-state index in [1.807, 2.05) is 19.1 Å². The number of aliphatic carboxylic acids is 1. The van der Waals surface area contributed by atoms with E-state index in [9.17, 15) is 19.5 Å². The number of rotatable bonds is 8. The Kier molecular flexibility index (Phi) is 7.00. The number of aromatic nitrogens is 1. The number of carboxylic acids is 1. The summed E-state index contributed by atoms with van der Waals surface area (Å²) < 4.78 is 5.39. The number of carbonyl (C=O) groups is 3. The van der Waals surface area contributed by atoms with Gasteiger partial charge in [-0.25, -0.2) is 4.98 Å². The molecule has 2 aromatic carbocycles. The minimum atomic E-state index is -1.02. The zero-order chi connectivity index (χ0) is 23.3. The lowest BCUT2D eigenvalue weighted by atomic mass is 10.0. The fourth-order valence-corrected chi connectivity index (χ4v) is 3.26. The molecule has 32 heavy (non-hydrogen) atoms. The summed E-state index contributed by atoms with van der Waals surface area (Å²) in [7, 11) is 1.50. The molecule has 7 nitrogen and oxygen atoms in total. The summed E-state index contributed by atoms with van der Waals surface area (Å²) in [5.74, 6) is -1.10. The lowest BCUT2D eigenvalue weighted by molar-refractivity contribution is -0.137. The van der Waals surface area contributed by atoms with Crippen molar-refractivity contribution in [1.82, 2.24) is 10.3 Å². The normalized spacial score (nSPS) is 11.5. The summed E-state index contributed by atoms with van der Waals surface area (Å²) in [4.78, 5) is 40.3. The number of ether oxygens (including phenoxy) is 1. The first-order valence-electron chi connectivity index (χ1n) is 10.0. The van der Waals surface area contributed by atoms with Crippen molar-refractivity contribution in [2.45, 2.75) is 26.3 Å². The molecule has 0 unspecified atom stereocenters. The van der Waals surface area contributed by atoms with Gasteiger partial charge in [0.05, 0.1) is 19.6 Å². The van der Waals surface area contributed by atoms with Crippen molar-refractivity contribution in [2.24, 2.45) is 0 Å². The maximum absolute atomic E-state index is 13.0. The van der Waals surface area contributed by atoms with E-state index in [0.717, 1.165) is 5.56 Å². The molecule has 164 valence electrons. The summed E-state index contributed by atoms with van der Waals surface area (Å²) in [6.45, 7) is 3.42. The predicted molar refractivity (Wildman–Crippen MR) is 120 cm³/mol. The Labute approximate surface area is 186 Å². The highest BCUT2D eigenvalue weighted by Gasteiger charge is 2.21. The Morgan fingerprint density at radius 2 is 1.66 bits per heavy atom. The molecule has 2 N–H and O–H groups in total. The summed E-state index contributed by atoms with van der Waals surface area (Å²) in [6.07, 6.45) is -0.260. The molecule has 1 aromatic heterocycles. The number of amides is 1. The van der Waals surface area contributed by atoms with Gasteiger partial charge in [0, 0.05) is 11.1 Å². The van der Waals surface area contributed by atoms with Gasteiger partial charge in [-0.2, -0.15) is 0 Å². The van der Waals surface area contributed by atoms with Crippen LogP contribution in [0.1, 0.15) is 51.4 Å². The molecule has 1 atom stereocenters. The van der Waals surface area contributed by atoms with Crippen LogP contribution in [-0.4, -0.2) is 34.9 Å². The quantitative estimate of drug-likeness (QED) is 0.517. The highest BCUT2D eigenvalue weighted by atomic mass is 16.5. The maximum Gasteiger partial charge on any atom is 0.305 e. The molecule has 0 saturated heterocycles. The minimum absolute atomic E-state index is 0.0508. The Morgan fingerprint density at radius 1 is 1.00 bits per heavy atom. The van der Waals surface area contributed by atoms with E-state index >= 15 is 0 Å². The molecule has 0 saturated carbocycles. The first-order chi connectivity index (χ1) is 15.3. The molecule has 0 bridgehead atoms. The van der Waals surface area contributed by atoms with E-state index in [2.05, 4.69) is 10.3 Å². The molecular formula is C25H24N2O5. The number of hydrogen-bond acceptors (Lipinski definition) is 5. The minimum Gasteiger partial charge on any atom is -0.494 e. The molecule has 3 rings (SSSR count). The van der Waals surface area contributed by atoms with Gasteiger partial charge >= 0.3 is 5.97 Å². The fourth-order valence-electron chi connectivity index (χ4n) is 3.26. The first kappa shape index (κ1) is 22.7. The molecule has 0 aliphatic heterocycles. The third-order valence-electron chi connectivity index (χ3n) is 5.04. The number of carboxylic acid groups (broad SMARTS) is 1. The molecule has 7 heteroatoms. The molecule has 0 radical (unpaired) electrons. The highest BCUT2D eigenvalue weighted by Crippen LogP contribution is 2.29. The zero-order valence-electron chi connectivity index (χ0n) is 18.1. The van der Waals surface area contributed by atoms with Crippen LogP contribution in [0.2, 0.25) is 0 Å². The Hall–Kier alpha value is -4.00. The number of nitrogens with one attached hydrogen (secondary N) is 1. The van der Waals surface area contributed by atoms with Crippen molar-refractivity contribution in [2.75, 3.05) is 7.11 Å². The standard InChI is InChI=1S/C25H24N2O5/c1-15-4-6-18(7-5-15)21(14-23(29)30)27-25(31)20-12-13-22(32-3)24(26-20)19-10-8-17(9-11-19)16(2)28/h4-13,21H,14H2,1-3H3,(H,27,31)(H,29,30)/t21-/m0/s1. The molecule has 0 aliphatic rings. The monoisotopic (exact) mass is 432 g/mol. The van der Waals surface area contributed by atoms with Crippen molar-refractivity contribution >= 4 is 17.7 Å². The van der Waals surface area contributed by atoms with Gasteiger partial charge in [-0.15, -0.1) is 0 Å². The number of benzene rings is 2. The van der Waals surface area contributed by atoms with Gasteiger partial charge in [0.2, 0.25) is 0 Å². The fraction of sp³-hybridized carbons (Fsp3) is 0.200. The molecule has 1 heterocycles. The van der Waals surface area contributed by atoms with E-state index in [0.29, 0.717) is 28.1 Å². The number of hydrogen-bond donors (Lipinski definition) is 2. The SMILES string of the molecule is COc1ccc(C(=O)N[C@@H](CC(=O)O)c2ccc(C)cc2)nc1-c1ccc(C(C)=O)cc1. The van der Waals surface area contributed by atoms with Crippen LogP contribution in [0.25, 0.3) is 11.3 Å². The Morgan fingerprint density at radius 3 is 2.22 bits per heavy atom. The van der Waals surface area contributed by atoms with Crippen LogP contribution in [0.15, 0.2) is 60.7 Å². The van der Waals surface area contributed by atoms with E-state index in [1.54, 1.807) is 42.5 Å². The lowest BCUT2D eigenvalue weighted by Gasteiger charge is -2.18. The third-order valence-corrected chi connectivity index (χ3v) is 5.04. The number of Topliss-reactive ketones (excluding diaryl/α,β-unsaturated/α-hetero) is 1. The van der Waals surface area contributed by atoms with Gasteiger partial charge in [0.15, 0.2) is 5.78 Å². The van der Waals surface area contributed by atoms with Crippen LogP contribution in [0.5, 0.6) is 5.75 Å². The average Bonchev–Trinajstić information content (AvgIpc) is 2.78. The van der Waals surface area contributed by atoms with E-state index in [1.165, 1.54) is 20.1 Å². The van der Waals surface area contributed by atoms with Crippen LogP contribution < -0.4 is 10.1 Å². The summed E-state index contributed by atoms with van der Waals surface area (Å²) in [5.41, 5.74) is 3.55. The number of aryl methyl sites for hydroxylation is 1. The highest BCUT2D eigenvalue weighted by molar-refractivity contribution is 5.95. The number of nitrogens with zero attached hydrogens (tertiary/aromatic N) is 1. The van der Waals surface area contributed by atoms with Crippen molar-refractivity contribution in [3.63, 3.8) is 0 Å². The van der Waals surface area contributed by atoms with E-state index in [-0.39, 0.29) is 17.9 Å². The van der Waals surface area contributed by atoms with E-state index in [4.69, 9.17) is 4.74 Å². The maximum atomic E-state index is 13.0. The molecule has 0 spiro atoms. The number of ketones is 1. The largest absolute Gasteiger partial charge is 0.494 e. The molecule has 1 amide bonds. The van der Waals surface area contributed by atoms with Gasteiger partial charge in [-0.1, -0.05) is 54.1 Å². The van der Waals surface area contributed by atoms with Gasteiger partial charge in [0.1, 0.15) is 17.1 Å². The zero-order valence-corrected chi connectivity index (χ0v) is 18.1. The first-order valence-corrected chi connectivity index (χ1v) is 10.0. The number of carbonyl (C=O) groups excluding carboxylic acids is 2. The van der Waals surface area contributed by atoms with Crippen molar-refractivity contribution in [1.29, 1.82) is 0 Å². The van der Waals surface area contributed by atoms with Crippen LogP contribution >= 0.6 is 0 Å². The Bertz CT molecular complexity index is 1140. The molecule has 0 aliphatic carbocycles. The second-order valence-corrected chi connectivity index (χ2v) is 7.42. The topological polar surface area (TPSA) is 106 Å². The van der Waals surface area contributed by atoms with Crippen LogP contribution in [0.4, 0.5) is 0 Å². The number of pyridine rings is 1. The molecular weight excluding hydrogens is 408 g/mol. The van der Waals surface area contributed by atoms with Crippen molar-refractivity contribution in [3.05, 3.63) is 83.0 Å².